The van der Waals surface area contributed by atoms with Gasteiger partial charge in [-0.15, -0.1) is 0 Å². The van der Waals surface area contributed by atoms with Crippen LogP contribution < -0.4 is 5.56 Å². The van der Waals surface area contributed by atoms with E-state index in [0.29, 0.717) is 29.3 Å². The molecule has 0 atom stereocenters. The van der Waals surface area contributed by atoms with Crippen molar-refractivity contribution in [1.29, 1.82) is 0 Å². The highest BCUT2D eigenvalue weighted by molar-refractivity contribution is 5.78. The summed E-state index contributed by atoms with van der Waals surface area (Å²) in [6.45, 7) is 2.11. The number of amides is 1. The zero-order chi connectivity index (χ0) is 18.5. The van der Waals surface area contributed by atoms with Gasteiger partial charge < -0.3 is 9.88 Å². The van der Waals surface area contributed by atoms with Crippen molar-refractivity contribution in [3.63, 3.8) is 0 Å². The Balaban J connectivity index is 1.77. The quantitative estimate of drug-likeness (QED) is 0.757. The minimum Gasteiger partial charge on any atom is -0.340 e. The molecule has 0 saturated carbocycles. The highest BCUT2D eigenvalue weighted by atomic mass is 16.2. The number of H-pyrrole nitrogens is 1. The molecule has 0 bridgehead atoms. The first-order valence-electron chi connectivity index (χ1n) is 8.19. The summed E-state index contributed by atoms with van der Waals surface area (Å²) in [5, 5.41) is 0. The molecule has 3 rings (SSSR count). The van der Waals surface area contributed by atoms with Crippen LogP contribution in [-0.4, -0.2) is 37.8 Å². The third-order valence-electron chi connectivity index (χ3n) is 4.01. The number of carbonyl (C=O) groups is 1. The predicted octanol–water partition coefficient (Wildman–Crippen LogP) is 1.74. The Morgan fingerprint density at radius 3 is 2.46 bits per heavy atom. The molecule has 0 aliphatic rings. The van der Waals surface area contributed by atoms with Crippen molar-refractivity contribution in [1.82, 2.24) is 24.8 Å². The number of nitrogens with zero attached hydrogens (tertiary/aromatic N) is 4. The number of pyridine rings is 2. The lowest BCUT2D eigenvalue weighted by molar-refractivity contribution is -0.129. The molecule has 132 valence electrons. The second-order valence-corrected chi connectivity index (χ2v) is 5.94. The monoisotopic (exact) mass is 349 g/mol. The minimum atomic E-state index is -0.322. The molecule has 0 radical (unpaired) electrons. The van der Waals surface area contributed by atoms with E-state index in [1.165, 1.54) is 0 Å². The van der Waals surface area contributed by atoms with Crippen LogP contribution in [0.15, 0.2) is 53.6 Å². The van der Waals surface area contributed by atoms with E-state index in [1.54, 1.807) is 43.4 Å². The zero-order valence-corrected chi connectivity index (χ0v) is 14.6. The van der Waals surface area contributed by atoms with Gasteiger partial charge in [0.1, 0.15) is 5.69 Å². The first-order chi connectivity index (χ1) is 12.5. The normalized spacial score (nSPS) is 10.5. The zero-order valence-electron chi connectivity index (χ0n) is 14.6. The summed E-state index contributed by atoms with van der Waals surface area (Å²) >= 11 is 0. The van der Waals surface area contributed by atoms with Gasteiger partial charge in [-0.3, -0.25) is 19.6 Å². The molecule has 0 unspecified atom stereocenters. The smallest absolute Gasteiger partial charge is 0.255 e. The van der Waals surface area contributed by atoms with Crippen molar-refractivity contribution in [2.45, 2.75) is 19.9 Å². The van der Waals surface area contributed by atoms with Crippen LogP contribution in [0, 0.1) is 6.92 Å². The molecule has 3 aromatic rings. The van der Waals surface area contributed by atoms with Crippen molar-refractivity contribution in [2.24, 2.45) is 0 Å². The number of rotatable bonds is 5. The van der Waals surface area contributed by atoms with E-state index in [2.05, 4.69) is 19.9 Å². The van der Waals surface area contributed by atoms with E-state index in [4.69, 9.17) is 0 Å². The van der Waals surface area contributed by atoms with Gasteiger partial charge in [-0.1, -0.05) is 12.1 Å². The highest BCUT2D eigenvalue weighted by Crippen LogP contribution is 2.12. The maximum Gasteiger partial charge on any atom is 0.255 e. The predicted molar refractivity (Wildman–Crippen MR) is 97.2 cm³/mol. The Kier molecular flexibility index (Phi) is 5.17. The van der Waals surface area contributed by atoms with Gasteiger partial charge in [0.2, 0.25) is 5.91 Å². The van der Waals surface area contributed by atoms with Gasteiger partial charge in [0.05, 0.1) is 18.7 Å². The van der Waals surface area contributed by atoms with Crippen LogP contribution in [0.5, 0.6) is 0 Å². The summed E-state index contributed by atoms with van der Waals surface area (Å²) in [4.78, 5) is 42.0. The summed E-state index contributed by atoms with van der Waals surface area (Å²) in [5.74, 6) is 0.225. The van der Waals surface area contributed by atoms with Gasteiger partial charge in [0.25, 0.3) is 5.56 Å². The molecule has 0 spiro atoms. The van der Waals surface area contributed by atoms with Crippen molar-refractivity contribution in [3.05, 3.63) is 76.1 Å². The van der Waals surface area contributed by atoms with Crippen LogP contribution in [0.1, 0.15) is 17.0 Å². The van der Waals surface area contributed by atoms with Gasteiger partial charge >= 0.3 is 0 Å². The number of aromatic nitrogens is 4. The van der Waals surface area contributed by atoms with Crippen molar-refractivity contribution < 1.29 is 4.79 Å². The number of carbonyl (C=O) groups excluding carboxylic acids is 1. The van der Waals surface area contributed by atoms with E-state index in [0.717, 1.165) is 5.69 Å². The lowest BCUT2D eigenvalue weighted by atomic mass is 10.1. The summed E-state index contributed by atoms with van der Waals surface area (Å²) in [5.41, 5.74) is 1.93. The molecule has 0 aliphatic heterocycles. The van der Waals surface area contributed by atoms with Crippen LogP contribution in [0.2, 0.25) is 0 Å². The van der Waals surface area contributed by atoms with E-state index in [9.17, 15) is 9.59 Å². The molecule has 1 amide bonds. The van der Waals surface area contributed by atoms with Gasteiger partial charge in [0.15, 0.2) is 5.82 Å². The Bertz CT molecular complexity index is 955. The standard InChI is InChI=1S/C19H19N5O2/c1-13-15(11-17(25)24(2)12-14-7-3-5-9-20-14)19(26)23-18(22-13)16-8-4-6-10-21-16/h3-10H,11-12H2,1-2H3,(H,22,23,26). The molecule has 3 aromatic heterocycles. The fourth-order valence-electron chi connectivity index (χ4n) is 2.55. The van der Waals surface area contributed by atoms with Gasteiger partial charge in [-0.2, -0.15) is 0 Å². The average Bonchev–Trinajstić information content (AvgIpc) is 2.66. The van der Waals surface area contributed by atoms with Crippen molar-refractivity contribution in [3.8, 4) is 11.5 Å². The Morgan fingerprint density at radius 2 is 1.85 bits per heavy atom. The largest absolute Gasteiger partial charge is 0.340 e. The number of aromatic amines is 1. The Morgan fingerprint density at radius 1 is 1.12 bits per heavy atom. The second kappa shape index (κ2) is 7.69. The Hall–Kier alpha value is -3.35. The Labute approximate surface area is 150 Å². The molecule has 26 heavy (non-hydrogen) atoms. The molecule has 0 aromatic carbocycles. The molecule has 3 heterocycles. The highest BCUT2D eigenvalue weighted by Gasteiger charge is 2.17. The number of aryl methyl sites for hydroxylation is 1. The molecule has 0 saturated heterocycles. The SMILES string of the molecule is Cc1nc(-c2ccccn2)[nH]c(=O)c1CC(=O)N(C)Cc1ccccn1. The summed E-state index contributed by atoms with van der Waals surface area (Å²) in [6, 6.07) is 10.9. The van der Waals surface area contributed by atoms with Crippen LogP contribution in [0.25, 0.3) is 11.5 Å². The van der Waals surface area contributed by atoms with Crippen LogP contribution in [0.3, 0.4) is 0 Å². The fraction of sp³-hybridized carbons (Fsp3) is 0.211. The third kappa shape index (κ3) is 4.00. The van der Waals surface area contributed by atoms with Gasteiger partial charge in [0, 0.05) is 30.7 Å². The van der Waals surface area contributed by atoms with E-state index in [-0.39, 0.29) is 17.9 Å². The third-order valence-corrected chi connectivity index (χ3v) is 4.01. The summed E-state index contributed by atoms with van der Waals surface area (Å²) in [7, 11) is 1.69. The first kappa shape index (κ1) is 17.5. The first-order valence-corrected chi connectivity index (χ1v) is 8.19. The number of hydrogen-bond donors (Lipinski definition) is 1. The molecule has 0 fully saturated rings. The topological polar surface area (TPSA) is 91.8 Å². The second-order valence-electron chi connectivity index (χ2n) is 5.94. The molecule has 0 aliphatic carbocycles. The molecular formula is C19H19N5O2. The number of nitrogens with one attached hydrogen (secondary N) is 1. The molecule has 7 nitrogen and oxygen atoms in total. The minimum absolute atomic E-state index is 0.0139. The van der Waals surface area contributed by atoms with E-state index in [1.807, 2.05) is 24.3 Å². The summed E-state index contributed by atoms with van der Waals surface area (Å²) < 4.78 is 0. The maximum atomic E-state index is 12.5. The number of hydrogen-bond acceptors (Lipinski definition) is 5. The lowest BCUT2D eigenvalue weighted by Gasteiger charge is -2.17. The molecule has 7 heteroatoms. The molecule has 1 N–H and O–H groups in total. The fourth-order valence-corrected chi connectivity index (χ4v) is 2.55. The van der Waals surface area contributed by atoms with Crippen molar-refractivity contribution in [2.75, 3.05) is 7.05 Å². The molecular weight excluding hydrogens is 330 g/mol. The van der Waals surface area contributed by atoms with E-state index < -0.39 is 0 Å². The van der Waals surface area contributed by atoms with E-state index >= 15 is 0 Å². The summed E-state index contributed by atoms with van der Waals surface area (Å²) in [6.07, 6.45) is 3.30. The van der Waals surface area contributed by atoms with Crippen LogP contribution in [0.4, 0.5) is 0 Å². The van der Waals surface area contributed by atoms with Gasteiger partial charge in [-0.05, 0) is 31.2 Å². The lowest BCUT2D eigenvalue weighted by Crippen LogP contribution is -2.31. The number of likely N-dealkylation sites (N-methyl/N-ethyl adjacent to an activating group) is 1. The maximum absolute atomic E-state index is 12.5. The van der Waals surface area contributed by atoms with Crippen LogP contribution in [-0.2, 0) is 17.8 Å². The van der Waals surface area contributed by atoms with Crippen molar-refractivity contribution >= 4 is 5.91 Å². The van der Waals surface area contributed by atoms with Crippen LogP contribution >= 0.6 is 0 Å². The average molecular weight is 349 g/mol. The van der Waals surface area contributed by atoms with Gasteiger partial charge in [-0.25, -0.2) is 4.98 Å².